The summed E-state index contributed by atoms with van der Waals surface area (Å²) in [6.45, 7) is -27.4. The number of nitrogens with zero attached hydrogens (tertiary/aromatic N) is 3. The SMILES string of the molecule is [2H]C([2H])(NC(C)(C([2H])([2H])[2H])C([2H])([2H])[2H])[C@H](O)C([2H])([2H])Oc1nsnc1N1C([2H])([2H])C([2H])([2H])OC([2H])([2H])C1([2H])[2H]. The highest BCUT2D eigenvalue weighted by Crippen LogP contribution is 2.26. The molecule has 1 atom stereocenters. The number of rotatable bonds is 6. The minimum atomic E-state index is -3.64. The first-order valence-electron chi connectivity index (χ1n) is 14.4. The molecule has 0 aromatic carbocycles. The molecule has 8 heteroatoms. The van der Waals surface area contributed by atoms with Crippen molar-refractivity contribution in [3.05, 3.63) is 0 Å². The highest BCUT2D eigenvalue weighted by molar-refractivity contribution is 6.99. The molecule has 0 saturated carbocycles. The molecule has 1 aromatic rings. The van der Waals surface area contributed by atoms with E-state index in [2.05, 4.69) is 13.5 Å². The van der Waals surface area contributed by atoms with Crippen LogP contribution in [0, 0.1) is 0 Å². The molecule has 2 heterocycles. The fourth-order valence-corrected chi connectivity index (χ4v) is 1.50. The van der Waals surface area contributed by atoms with Crippen molar-refractivity contribution >= 4 is 17.5 Å². The Balaban J connectivity index is 2.52. The highest BCUT2D eigenvalue weighted by atomic mass is 32.1. The van der Waals surface area contributed by atoms with Gasteiger partial charge in [0, 0.05) is 36.0 Å². The molecule has 1 fully saturated rings. The molecule has 1 aliphatic rings. The third kappa shape index (κ3) is 5.39. The summed E-state index contributed by atoms with van der Waals surface area (Å²) >= 11 is 0.146. The molecule has 0 amide bonds. The number of aliphatic hydroxyl groups is 1. The number of aliphatic hydroxyl groups excluding tert-OH is 1. The van der Waals surface area contributed by atoms with Gasteiger partial charge in [-0.15, -0.1) is 4.37 Å². The monoisotopic (exact) mass is 334 g/mol. The van der Waals surface area contributed by atoms with Crippen molar-refractivity contribution in [3.63, 3.8) is 0 Å². The maximum absolute atomic E-state index is 10.5. The quantitative estimate of drug-likeness (QED) is 0.784. The average molecular weight is 335 g/mol. The van der Waals surface area contributed by atoms with Gasteiger partial charge in [-0.3, -0.25) is 0 Å². The zero-order chi connectivity index (χ0) is 31.1. The molecule has 120 valence electrons. The molecule has 1 aliphatic heterocycles. The van der Waals surface area contributed by atoms with Crippen LogP contribution >= 0.6 is 11.7 Å². The van der Waals surface area contributed by atoms with Gasteiger partial charge in [0.2, 0.25) is 5.82 Å². The van der Waals surface area contributed by atoms with Crippen LogP contribution in [0.3, 0.4) is 0 Å². The van der Waals surface area contributed by atoms with E-state index >= 15 is 0 Å². The van der Waals surface area contributed by atoms with Gasteiger partial charge in [-0.05, 0) is 20.6 Å². The van der Waals surface area contributed by atoms with Gasteiger partial charge in [-0.2, -0.15) is 4.37 Å². The molecule has 2 rings (SSSR count). The van der Waals surface area contributed by atoms with Crippen LogP contribution < -0.4 is 15.0 Å². The summed E-state index contributed by atoms with van der Waals surface area (Å²) in [5, 5.41) is 12.1. The fraction of sp³-hybridized carbons (Fsp3) is 0.846. The molecule has 21 heavy (non-hydrogen) atoms. The molecule has 0 unspecified atom stereocenters. The lowest BCUT2D eigenvalue weighted by Gasteiger charge is -2.27. The largest absolute Gasteiger partial charge is 0.472 e. The maximum atomic E-state index is 10.5. The summed E-state index contributed by atoms with van der Waals surface area (Å²) in [5.41, 5.74) is -3.01. The van der Waals surface area contributed by atoms with Crippen LogP contribution in [-0.4, -0.2) is 64.7 Å². The fourth-order valence-electron chi connectivity index (χ4n) is 1.03. The van der Waals surface area contributed by atoms with Crippen molar-refractivity contribution < 1.29 is 39.3 Å². The molecule has 0 spiro atoms. The lowest BCUT2D eigenvalue weighted by atomic mass is 10.1. The second-order valence-corrected chi connectivity index (χ2v) is 4.30. The van der Waals surface area contributed by atoms with Gasteiger partial charge < -0.3 is 24.8 Å². The third-order valence-corrected chi connectivity index (χ3v) is 2.30. The van der Waals surface area contributed by atoms with Gasteiger partial charge in [0.1, 0.15) is 12.7 Å². The van der Waals surface area contributed by atoms with E-state index in [1.165, 1.54) is 0 Å². The number of ether oxygens (including phenoxy) is 2. The molecular formula is C13H24N4O3S. The number of hydrogen-bond acceptors (Lipinski definition) is 8. The van der Waals surface area contributed by atoms with E-state index in [4.69, 9.17) is 29.4 Å². The molecular weight excluding hydrogens is 292 g/mol. The number of nitrogens with one attached hydrogen (secondary N) is 1. The van der Waals surface area contributed by atoms with Crippen LogP contribution in [0.4, 0.5) is 5.82 Å². The van der Waals surface area contributed by atoms with Gasteiger partial charge in [0.25, 0.3) is 5.88 Å². The predicted octanol–water partition coefficient (Wildman–Crippen LogP) is 0.502. The number of aromatic nitrogens is 2. The van der Waals surface area contributed by atoms with Crippen LogP contribution in [0.1, 0.15) is 45.3 Å². The second kappa shape index (κ2) is 7.35. The minimum absolute atomic E-state index is 0.146. The zero-order valence-corrected chi connectivity index (χ0v) is 11.4. The van der Waals surface area contributed by atoms with Gasteiger partial charge in [0.05, 0.1) is 38.6 Å². The van der Waals surface area contributed by atoms with Crippen LogP contribution in [-0.2, 0) is 4.74 Å². The van der Waals surface area contributed by atoms with E-state index in [-0.39, 0.29) is 16.6 Å². The van der Waals surface area contributed by atoms with Crippen molar-refractivity contribution in [1.82, 2.24) is 14.1 Å². The standard InChI is InChI=1S/C13H24N4O3S/c1-13(2,3)14-8-10(18)9-20-12-11(15-21-16-12)17-4-6-19-7-5-17/h10,14,18H,4-9H2,1-3H3/t10-/m0/s1/i1D3,2D3,4D2,5D2,6D2,7D2,8D2,9D2. The topological polar surface area (TPSA) is 79.7 Å². The summed E-state index contributed by atoms with van der Waals surface area (Å²) < 4.78 is 157. The van der Waals surface area contributed by atoms with Crippen molar-refractivity contribution in [2.45, 2.75) is 32.3 Å². The molecule has 0 radical (unpaired) electrons. The average Bonchev–Trinajstić information content (AvgIpc) is 3.09. The maximum Gasteiger partial charge on any atom is 0.270 e. The van der Waals surface area contributed by atoms with Gasteiger partial charge in [-0.25, -0.2) is 0 Å². The Kier molecular flexibility index (Phi) is 1.67. The van der Waals surface area contributed by atoms with E-state index < -0.39 is 76.2 Å². The highest BCUT2D eigenvalue weighted by Gasteiger charge is 2.21. The number of anilines is 1. The summed E-state index contributed by atoms with van der Waals surface area (Å²) in [5.74, 6) is -2.24. The molecule has 2 N–H and O–H groups in total. The van der Waals surface area contributed by atoms with Crippen LogP contribution in [0.2, 0.25) is 0 Å². The van der Waals surface area contributed by atoms with Crippen LogP contribution in [0.5, 0.6) is 5.88 Å². The lowest BCUT2D eigenvalue weighted by molar-refractivity contribution is 0.0975. The smallest absolute Gasteiger partial charge is 0.270 e. The first-order chi connectivity index (χ1) is 16.9. The summed E-state index contributed by atoms with van der Waals surface area (Å²) in [6, 6.07) is 0. The Morgan fingerprint density at radius 3 is 3.10 bits per heavy atom. The summed E-state index contributed by atoms with van der Waals surface area (Å²) in [4.78, 5) is -0.183. The Bertz CT molecular complexity index is 1020. The van der Waals surface area contributed by atoms with Gasteiger partial charge >= 0.3 is 0 Å². The minimum Gasteiger partial charge on any atom is -0.472 e. The van der Waals surface area contributed by atoms with Gasteiger partial charge in [0.15, 0.2) is 0 Å². The Morgan fingerprint density at radius 2 is 2.38 bits per heavy atom. The number of morpholine rings is 1. The zero-order valence-electron chi connectivity index (χ0n) is 28.6. The predicted molar refractivity (Wildman–Crippen MR) is 82.2 cm³/mol. The molecule has 1 aromatic heterocycles. The van der Waals surface area contributed by atoms with Crippen molar-refractivity contribution in [2.24, 2.45) is 0 Å². The van der Waals surface area contributed by atoms with Crippen molar-refractivity contribution in [1.29, 1.82) is 0 Å². The van der Waals surface area contributed by atoms with E-state index in [0.717, 1.165) is 0 Å². The van der Waals surface area contributed by atoms with E-state index in [1.807, 2.05) is 0 Å². The Morgan fingerprint density at radius 1 is 1.62 bits per heavy atom. The van der Waals surface area contributed by atoms with E-state index in [0.29, 0.717) is 6.92 Å². The van der Waals surface area contributed by atoms with Crippen molar-refractivity contribution in [2.75, 3.05) is 44.1 Å². The molecule has 1 saturated heterocycles. The lowest BCUT2D eigenvalue weighted by Crippen LogP contribution is -2.42. The molecule has 0 aliphatic carbocycles. The molecule has 0 bridgehead atoms. The van der Waals surface area contributed by atoms with Gasteiger partial charge in [-0.1, -0.05) is 0 Å². The van der Waals surface area contributed by atoms with Crippen molar-refractivity contribution in [3.8, 4) is 5.88 Å². The Labute approximate surface area is 154 Å². The van der Waals surface area contributed by atoms with E-state index in [9.17, 15) is 5.11 Å². The first-order valence-corrected chi connectivity index (χ1v) is 6.12. The number of hydrogen-bond donors (Lipinski definition) is 2. The summed E-state index contributed by atoms with van der Waals surface area (Å²) in [7, 11) is 0. The molecule has 7 nitrogen and oxygen atoms in total. The first kappa shape index (κ1) is 4.77. The third-order valence-electron chi connectivity index (χ3n) is 1.80. The van der Waals surface area contributed by atoms with Crippen LogP contribution in [0.15, 0.2) is 0 Å². The van der Waals surface area contributed by atoms with Crippen LogP contribution in [0.25, 0.3) is 0 Å². The second-order valence-electron chi connectivity index (χ2n) is 3.77. The number of β-amino-alcohol motifs (C(OH)–C–C–N with tert-alkyl or cyclic N) is 1. The normalized spacial score (nSPS) is 42.7. The Hall–Kier alpha value is -0.960. The summed E-state index contributed by atoms with van der Waals surface area (Å²) in [6.07, 6.45) is -3.03. The van der Waals surface area contributed by atoms with E-state index in [1.54, 1.807) is 5.32 Å².